The van der Waals surface area contributed by atoms with E-state index in [1.54, 1.807) is 18.2 Å². The molecule has 0 aliphatic heterocycles. The zero-order valence-electron chi connectivity index (χ0n) is 12.2. The standard InChI is InChI=1S/C16H11Cl2N3O2S/c17-11-6-5-10(12(18)7-11)8-19-21-15(22)9-24-16-20-13-3-1-2-4-14(13)23-16/h1-8H,9H2,(H,21,22). The van der Waals surface area contributed by atoms with Gasteiger partial charge in [0.25, 0.3) is 11.1 Å². The van der Waals surface area contributed by atoms with Crippen molar-refractivity contribution >= 4 is 58.2 Å². The number of rotatable bonds is 5. The number of para-hydroxylation sites is 2. The number of carbonyl (C=O) groups is 1. The van der Waals surface area contributed by atoms with E-state index in [9.17, 15) is 4.79 Å². The van der Waals surface area contributed by atoms with Gasteiger partial charge in [-0.2, -0.15) is 5.10 Å². The van der Waals surface area contributed by atoms with Crippen LogP contribution in [-0.2, 0) is 4.79 Å². The molecule has 8 heteroatoms. The van der Waals surface area contributed by atoms with Crippen molar-refractivity contribution in [3.8, 4) is 0 Å². The number of aromatic nitrogens is 1. The second kappa shape index (κ2) is 7.70. The maximum Gasteiger partial charge on any atom is 0.257 e. The molecule has 0 fully saturated rings. The van der Waals surface area contributed by atoms with Gasteiger partial charge >= 0.3 is 0 Å². The lowest BCUT2D eigenvalue weighted by Gasteiger charge is -1.99. The van der Waals surface area contributed by atoms with Crippen LogP contribution in [0, 0.1) is 0 Å². The fourth-order valence-corrected chi connectivity index (χ4v) is 2.94. The number of halogens is 2. The second-order valence-electron chi connectivity index (χ2n) is 4.70. The predicted molar refractivity (Wildman–Crippen MR) is 96.9 cm³/mol. The Kier molecular flexibility index (Phi) is 5.40. The molecule has 0 unspecified atom stereocenters. The molecule has 2 aromatic carbocycles. The normalized spacial score (nSPS) is 11.2. The number of fused-ring (bicyclic) bond motifs is 1. The lowest BCUT2D eigenvalue weighted by atomic mass is 10.2. The van der Waals surface area contributed by atoms with Gasteiger partial charge in [-0.3, -0.25) is 4.79 Å². The molecule has 0 saturated carbocycles. The van der Waals surface area contributed by atoms with Gasteiger partial charge in [-0.05, 0) is 24.3 Å². The number of carbonyl (C=O) groups excluding carboxylic acids is 1. The highest BCUT2D eigenvalue weighted by molar-refractivity contribution is 7.99. The van der Waals surface area contributed by atoms with E-state index in [2.05, 4.69) is 15.5 Å². The predicted octanol–water partition coefficient (Wildman–Crippen LogP) is 4.38. The number of hydrazone groups is 1. The van der Waals surface area contributed by atoms with Crippen molar-refractivity contribution in [1.82, 2.24) is 10.4 Å². The highest BCUT2D eigenvalue weighted by atomic mass is 35.5. The van der Waals surface area contributed by atoms with Gasteiger partial charge in [-0.25, -0.2) is 10.4 Å². The van der Waals surface area contributed by atoms with Crippen molar-refractivity contribution in [1.29, 1.82) is 0 Å². The number of benzene rings is 2. The number of nitrogens with one attached hydrogen (secondary N) is 1. The quantitative estimate of drug-likeness (QED) is 0.405. The molecule has 1 heterocycles. The van der Waals surface area contributed by atoms with Gasteiger partial charge in [-0.15, -0.1) is 0 Å². The van der Waals surface area contributed by atoms with Crippen molar-refractivity contribution in [3.05, 3.63) is 58.1 Å². The van der Waals surface area contributed by atoms with Gasteiger partial charge in [0.05, 0.1) is 17.0 Å². The largest absolute Gasteiger partial charge is 0.431 e. The van der Waals surface area contributed by atoms with Crippen molar-refractivity contribution in [2.24, 2.45) is 5.10 Å². The minimum Gasteiger partial charge on any atom is -0.431 e. The molecule has 1 amide bonds. The van der Waals surface area contributed by atoms with Crippen LogP contribution in [0.25, 0.3) is 11.1 Å². The summed E-state index contributed by atoms with van der Waals surface area (Å²) in [6.07, 6.45) is 1.46. The van der Waals surface area contributed by atoms with E-state index in [0.717, 1.165) is 5.52 Å². The van der Waals surface area contributed by atoms with Gasteiger partial charge in [-0.1, -0.05) is 53.2 Å². The van der Waals surface area contributed by atoms with Crippen molar-refractivity contribution in [2.75, 3.05) is 5.75 Å². The number of nitrogens with zero attached hydrogens (tertiary/aromatic N) is 2. The maximum absolute atomic E-state index is 11.8. The summed E-state index contributed by atoms with van der Waals surface area (Å²) in [5, 5.41) is 5.31. The zero-order chi connectivity index (χ0) is 16.9. The third-order valence-electron chi connectivity index (χ3n) is 2.96. The van der Waals surface area contributed by atoms with Crippen LogP contribution in [0.2, 0.25) is 10.0 Å². The average Bonchev–Trinajstić information content (AvgIpc) is 2.98. The molecular weight excluding hydrogens is 369 g/mol. The van der Waals surface area contributed by atoms with E-state index < -0.39 is 0 Å². The smallest absolute Gasteiger partial charge is 0.257 e. The molecule has 24 heavy (non-hydrogen) atoms. The summed E-state index contributed by atoms with van der Waals surface area (Å²) < 4.78 is 5.52. The minimum atomic E-state index is -0.274. The SMILES string of the molecule is O=C(CSc1nc2ccccc2o1)NN=Cc1ccc(Cl)cc1Cl. The summed E-state index contributed by atoms with van der Waals surface area (Å²) in [7, 11) is 0. The number of hydrogen-bond acceptors (Lipinski definition) is 5. The Bertz CT molecular complexity index is 878. The Hall–Kier alpha value is -2.02. The fraction of sp³-hybridized carbons (Fsp3) is 0.0625. The molecule has 0 aliphatic carbocycles. The molecule has 5 nitrogen and oxygen atoms in total. The van der Waals surface area contributed by atoms with Crippen LogP contribution in [-0.4, -0.2) is 22.9 Å². The molecule has 122 valence electrons. The molecule has 1 aromatic heterocycles. The first-order chi connectivity index (χ1) is 11.6. The Balaban J connectivity index is 1.53. The molecule has 3 aromatic rings. The summed E-state index contributed by atoms with van der Waals surface area (Å²) in [6.45, 7) is 0. The van der Waals surface area contributed by atoms with Crippen LogP contribution in [0.1, 0.15) is 5.56 Å². The first-order valence-electron chi connectivity index (χ1n) is 6.87. The lowest BCUT2D eigenvalue weighted by molar-refractivity contribution is -0.118. The molecule has 0 atom stereocenters. The van der Waals surface area contributed by atoms with Crippen LogP contribution in [0.15, 0.2) is 57.2 Å². The van der Waals surface area contributed by atoms with Crippen molar-refractivity contribution in [3.63, 3.8) is 0 Å². The number of hydrogen-bond donors (Lipinski definition) is 1. The van der Waals surface area contributed by atoms with Gasteiger partial charge in [0.15, 0.2) is 5.58 Å². The number of amides is 1. The third-order valence-corrected chi connectivity index (χ3v) is 4.35. The van der Waals surface area contributed by atoms with Crippen LogP contribution >= 0.6 is 35.0 Å². The van der Waals surface area contributed by atoms with Crippen LogP contribution < -0.4 is 5.43 Å². The topological polar surface area (TPSA) is 67.5 Å². The van der Waals surface area contributed by atoms with Crippen LogP contribution in [0.3, 0.4) is 0 Å². The van der Waals surface area contributed by atoms with Gasteiger partial charge in [0.2, 0.25) is 0 Å². The van der Waals surface area contributed by atoms with E-state index >= 15 is 0 Å². The van der Waals surface area contributed by atoms with Crippen molar-refractivity contribution < 1.29 is 9.21 Å². The van der Waals surface area contributed by atoms with Gasteiger partial charge in [0, 0.05) is 10.6 Å². The monoisotopic (exact) mass is 379 g/mol. The highest BCUT2D eigenvalue weighted by Crippen LogP contribution is 2.23. The molecule has 0 radical (unpaired) electrons. The lowest BCUT2D eigenvalue weighted by Crippen LogP contribution is -2.19. The summed E-state index contributed by atoms with van der Waals surface area (Å²) in [4.78, 5) is 16.1. The molecule has 1 N–H and O–H groups in total. The molecular formula is C16H11Cl2N3O2S. The summed E-state index contributed by atoms with van der Waals surface area (Å²) in [5.74, 6) is -0.137. The first-order valence-corrected chi connectivity index (χ1v) is 8.61. The maximum atomic E-state index is 11.8. The molecule has 0 aliphatic rings. The Morgan fingerprint density at radius 3 is 2.92 bits per heavy atom. The van der Waals surface area contributed by atoms with Gasteiger partial charge < -0.3 is 4.42 Å². The highest BCUT2D eigenvalue weighted by Gasteiger charge is 2.08. The van der Waals surface area contributed by atoms with Crippen LogP contribution in [0.4, 0.5) is 0 Å². The number of oxazole rings is 1. The number of thioether (sulfide) groups is 1. The summed E-state index contributed by atoms with van der Waals surface area (Å²) in [6, 6.07) is 12.4. The molecule has 3 rings (SSSR count). The van der Waals surface area contributed by atoms with E-state index in [1.807, 2.05) is 24.3 Å². The summed E-state index contributed by atoms with van der Waals surface area (Å²) >= 11 is 13.0. The van der Waals surface area contributed by atoms with Crippen molar-refractivity contribution in [2.45, 2.75) is 5.22 Å². The molecule has 0 bridgehead atoms. The fourth-order valence-electron chi connectivity index (χ4n) is 1.85. The Morgan fingerprint density at radius 2 is 2.12 bits per heavy atom. The third kappa shape index (κ3) is 4.29. The Morgan fingerprint density at radius 1 is 1.29 bits per heavy atom. The van der Waals surface area contributed by atoms with E-state index in [0.29, 0.717) is 26.4 Å². The minimum absolute atomic E-state index is 0.137. The zero-order valence-corrected chi connectivity index (χ0v) is 14.5. The first kappa shape index (κ1) is 16.8. The molecule has 0 spiro atoms. The van der Waals surface area contributed by atoms with E-state index in [4.69, 9.17) is 27.6 Å². The summed E-state index contributed by atoms with van der Waals surface area (Å²) in [5.41, 5.74) is 4.54. The molecule has 0 saturated heterocycles. The second-order valence-corrected chi connectivity index (χ2v) is 6.47. The van der Waals surface area contributed by atoms with E-state index in [-0.39, 0.29) is 11.7 Å². The average molecular weight is 380 g/mol. The van der Waals surface area contributed by atoms with E-state index in [1.165, 1.54) is 18.0 Å². The van der Waals surface area contributed by atoms with Gasteiger partial charge in [0.1, 0.15) is 5.52 Å². The Labute approximate surface area is 152 Å². The van der Waals surface area contributed by atoms with Crippen LogP contribution in [0.5, 0.6) is 0 Å².